The summed E-state index contributed by atoms with van der Waals surface area (Å²) in [6.07, 6.45) is -0.891. The van der Waals surface area contributed by atoms with Crippen molar-refractivity contribution in [3.8, 4) is 0 Å². The number of sulfonamides is 1. The zero-order valence-electron chi connectivity index (χ0n) is 29.2. The number of carbonyl (C=O) groups is 4. The summed E-state index contributed by atoms with van der Waals surface area (Å²) < 4.78 is 35.6. The maximum absolute atomic E-state index is 14.5. The van der Waals surface area contributed by atoms with E-state index in [-0.39, 0.29) is 59.6 Å². The monoisotopic (exact) mass is 803 g/mol. The van der Waals surface area contributed by atoms with Crippen LogP contribution < -0.4 is 5.32 Å². The van der Waals surface area contributed by atoms with E-state index in [1.807, 2.05) is 44.2 Å². The molecule has 3 aromatic carbocycles. The molecule has 282 valence electrons. The van der Waals surface area contributed by atoms with E-state index >= 15 is 0 Å². The fourth-order valence-electron chi connectivity index (χ4n) is 7.06. The van der Waals surface area contributed by atoms with Gasteiger partial charge in [0.2, 0.25) is 27.7 Å². The SMILES string of the molecule is CC(C)N1CC2N(C(=O)C(NC(=O)C3CCN(C(=O)OCc4ccccc4)CC3)CN2S(=O)(=O)c2ccc(Cl)cc2Cl)C(Cc2ccc(Cl)cc2)C1=O. The predicted octanol–water partition coefficient (Wildman–Crippen LogP) is 5.20. The highest BCUT2D eigenvalue weighted by Crippen LogP contribution is 2.35. The van der Waals surface area contributed by atoms with Crippen molar-refractivity contribution in [3.63, 3.8) is 0 Å². The van der Waals surface area contributed by atoms with Gasteiger partial charge in [-0.15, -0.1) is 0 Å². The molecule has 53 heavy (non-hydrogen) atoms. The normalized spacial score (nSPS) is 21.5. The Bertz CT molecular complexity index is 1960. The zero-order chi connectivity index (χ0) is 38.0. The molecule has 12 nitrogen and oxygen atoms in total. The summed E-state index contributed by atoms with van der Waals surface area (Å²) in [5, 5.41) is 3.44. The quantitative estimate of drug-likeness (QED) is 0.314. The van der Waals surface area contributed by atoms with E-state index in [1.165, 1.54) is 28.0 Å². The van der Waals surface area contributed by atoms with Gasteiger partial charge in [0.25, 0.3) is 0 Å². The molecule has 0 spiro atoms. The summed E-state index contributed by atoms with van der Waals surface area (Å²) in [5.74, 6) is -1.93. The van der Waals surface area contributed by atoms with Gasteiger partial charge >= 0.3 is 6.09 Å². The second kappa shape index (κ2) is 16.2. The van der Waals surface area contributed by atoms with Crippen molar-refractivity contribution < 1.29 is 32.3 Å². The van der Waals surface area contributed by atoms with Crippen molar-refractivity contribution in [2.75, 3.05) is 26.2 Å². The van der Waals surface area contributed by atoms with Gasteiger partial charge in [0, 0.05) is 48.1 Å². The lowest BCUT2D eigenvalue weighted by molar-refractivity contribution is -0.169. The van der Waals surface area contributed by atoms with Gasteiger partial charge in [-0.3, -0.25) is 14.4 Å². The second-order valence-corrected chi connectivity index (χ2v) is 16.8. The molecule has 3 aliphatic heterocycles. The number of benzene rings is 3. The highest BCUT2D eigenvalue weighted by molar-refractivity contribution is 7.89. The summed E-state index contributed by atoms with van der Waals surface area (Å²) in [4.78, 5) is 59.3. The Morgan fingerprint density at radius 1 is 0.868 bits per heavy atom. The number of carbonyl (C=O) groups excluding carboxylic acids is 4. The maximum Gasteiger partial charge on any atom is 0.410 e. The lowest BCUT2D eigenvalue weighted by Gasteiger charge is -2.54. The lowest BCUT2D eigenvalue weighted by atomic mass is 9.94. The van der Waals surface area contributed by atoms with Gasteiger partial charge in [0.15, 0.2) is 0 Å². The van der Waals surface area contributed by atoms with E-state index in [4.69, 9.17) is 39.5 Å². The zero-order valence-corrected chi connectivity index (χ0v) is 32.2. The average molecular weight is 805 g/mol. The number of likely N-dealkylation sites (tertiary alicyclic amines) is 1. The van der Waals surface area contributed by atoms with E-state index in [1.54, 1.807) is 29.2 Å². The number of ether oxygens (including phenoxy) is 1. The number of piperazine rings is 1. The first-order chi connectivity index (χ1) is 25.2. The standard InChI is InChI=1S/C37H40Cl3N5O7S/c1-23(2)43-21-33-44(53(50,51)32-13-12-28(39)19-29(32)40)20-30(35(47)45(33)31(36(43)48)18-24-8-10-27(38)11-9-24)41-34(46)26-14-16-42(17-15-26)37(49)52-22-25-6-4-3-5-7-25/h3-13,19,23,26,30-31,33H,14-18,20-22H2,1-2H3,(H,41,46). The Kier molecular flexibility index (Phi) is 11.9. The molecule has 3 aromatic rings. The summed E-state index contributed by atoms with van der Waals surface area (Å²) in [7, 11) is -4.42. The number of halogens is 3. The topological polar surface area (TPSA) is 137 Å². The fraction of sp³-hybridized carbons (Fsp3) is 0.405. The third kappa shape index (κ3) is 8.44. The minimum absolute atomic E-state index is 0.0799. The number of fused-ring (bicyclic) bond motifs is 1. The van der Waals surface area contributed by atoms with Crippen molar-refractivity contribution in [2.45, 2.75) is 68.9 Å². The van der Waals surface area contributed by atoms with Crippen molar-refractivity contribution in [1.82, 2.24) is 24.3 Å². The molecule has 1 N–H and O–H groups in total. The first-order valence-electron chi connectivity index (χ1n) is 17.3. The molecule has 3 saturated heterocycles. The van der Waals surface area contributed by atoms with Crippen LogP contribution in [0, 0.1) is 5.92 Å². The number of nitrogens with zero attached hydrogens (tertiary/aromatic N) is 4. The Morgan fingerprint density at radius 3 is 2.17 bits per heavy atom. The highest BCUT2D eigenvalue weighted by Gasteiger charge is 2.54. The van der Waals surface area contributed by atoms with Crippen LogP contribution in [0.2, 0.25) is 15.1 Å². The number of amides is 4. The number of rotatable bonds is 9. The van der Waals surface area contributed by atoms with Crippen LogP contribution in [0.25, 0.3) is 0 Å². The van der Waals surface area contributed by atoms with Gasteiger partial charge in [0.1, 0.15) is 29.8 Å². The molecule has 6 rings (SSSR count). The molecular weight excluding hydrogens is 765 g/mol. The van der Waals surface area contributed by atoms with Crippen LogP contribution in [0.1, 0.15) is 37.8 Å². The first-order valence-corrected chi connectivity index (χ1v) is 19.9. The lowest BCUT2D eigenvalue weighted by Crippen LogP contribution is -2.76. The number of hydrogen-bond acceptors (Lipinski definition) is 7. The van der Waals surface area contributed by atoms with Crippen LogP contribution in [-0.2, 0) is 42.2 Å². The molecule has 0 aliphatic carbocycles. The molecule has 16 heteroatoms. The van der Waals surface area contributed by atoms with Gasteiger partial charge in [0.05, 0.1) is 11.6 Å². The molecule has 3 heterocycles. The van der Waals surface area contributed by atoms with Gasteiger partial charge in [-0.1, -0.05) is 77.3 Å². The van der Waals surface area contributed by atoms with Crippen LogP contribution in [0.3, 0.4) is 0 Å². The molecule has 3 atom stereocenters. The maximum atomic E-state index is 14.5. The number of hydrogen-bond donors (Lipinski definition) is 1. The number of nitrogens with one attached hydrogen (secondary N) is 1. The molecule has 0 radical (unpaired) electrons. The second-order valence-electron chi connectivity index (χ2n) is 13.7. The van der Waals surface area contributed by atoms with Crippen LogP contribution in [0.15, 0.2) is 77.7 Å². The predicted molar refractivity (Wildman–Crippen MR) is 200 cm³/mol. The summed E-state index contributed by atoms with van der Waals surface area (Å²) >= 11 is 18.7. The average Bonchev–Trinajstić information content (AvgIpc) is 3.13. The molecule has 3 fully saturated rings. The summed E-state index contributed by atoms with van der Waals surface area (Å²) in [6, 6.07) is 17.5. The van der Waals surface area contributed by atoms with Crippen molar-refractivity contribution in [2.24, 2.45) is 5.92 Å². The molecule has 0 bridgehead atoms. The van der Waals surface area contributed by atoms with Crippen LogP contribution in [-0.4, -0.2) is 102 Å². The van der Waals surface area contributed by atoms with E-state index in [0.717, 1.165) is 9.87 Å². The largest absolute Gasteiger partial charge is 0.445 e. The molecule has 0 aromatic heterocycles. The summed E-state index contributed by atoms with van der Waals surface area (Å²) in [6.45, 7) is 3.80. The van der Waals surface area contributed by atoms with Crippen LogP contribution >= 0.6 is 34.8 Å². The van der Waals surface area contributed by atoms with E-state index in [9.17, 15) is 27.6 Å². The van der Waals surface area contributed by atoms with Crippen molar-refractivity contribution in [1.29, 1.82) is 0 Å². The highest BCUT2D eigenvalue weighted by atomic mass is 35.5. The van der Waals surface area contributed by atoms with Crippen LogP contribution in [0.5, 0.6) is 0 Å². The fourth-order valence-corrected chi connectivity index (χ4v) is 9.52. The van der Waals surface area contributed by atoms with Gasteiger partial charge in [-0.2, -0.15) is 4.31 Å². The Labute approximate surface area is 323 Å². The van der Waals surface area contributed by atoms with Crippen molar-refractivity contribution in [3.05, 3.63) is 99.0 Å². The Hall–Kier alpha value is -3.88. The molecule has 3 aliphatic rings. The minimum Gasteiger partial charge on any atom is -0.445 e. The Morgan fingerprint density at radius 2 is 1.53 bits per heavy atom. The van der Waals surface area contributed by atoms with Gasteiger partial charge in [-0.05, 0) is 68.1 Å². The molecule has 3 unspecified atom stereocenters. The summed E-state index contributed by atoms with van der Waals surface area (Å²) in [5.41, 5.74) is 1.56. The third-order valence-electron chi connectivity index (χ3n) is 9.92. The van der Waals surface area contributed by atoms with E-state index in [0.29, 0.717) is 23.4 Å². The van der Waals surface area contributed by atoms with Gasteiger partial charge in [-0.25, -0.2) is 13.2 Å². The molecule has 0 saturated carbocycles. The van der Waals surface area contributed by atoms with Gasteiger partial charge < -0.3 is 24.8 Å². The smallest absolute Gasteiger partial charge is 0.410 e. The van der Waals surface area contributed by atoms with E-state index in [2.05, 4.69) is 5.32 Å². The first kappa shape index (κ1) is 38.8. The number of piperidine rings is 1. The third-order valence-corrected chi connectivity index (χ3v) is 12.8. The van der Waals surface area contributed by atoms with E-state index < -0.39 is 58.6 Å². The molecular formula is C37H40Cl3N5O7S. The minimum atomic E-state index is -4.42. The Balaban J connectivity index is 1.26. The van der Waals surface area contributed by atoms with Crippen molar-refractivity contribution >= 4 is 68.6 Å². The van der Waals surface area contributed by atoms with Crippen LogP contribution in [0.4, 0.5) is 4.79 Å². The molecule has 4 amide bonds.